The van der Waals surface area contributed by atoms with E-state index in [1.54, 1.807) is 6.20 Å². The van der Waals surface area contributed by atoms with E-state index in [4.69, 9.17) is 0 Å². The molecule has 0 aliphatic heterocycles. The van der Waals surface area contributed by atoms with E-state index < -0.39 is 6.10 Å². The molecule has 0 aliphatic carbocycles. The molecule has 2 nitrogen and oxygen atoms in total. The van der Waals surface area contributed by atoms with Gasteiger partial charge in [0.25, 0.3) is 0 Å². The van der Waals surface area contributed by atoms with Gasteiger partial charge in [-0.15, -0.1) is 11.3 Å². The van der Waals surface area contributed by atoms with Crippen LogP contribution in [0.5, 0.6) is 0 Å². The second-order valence-electron chi connectivity index (χ2n) is 2.35. The van der Waals surface area contributed by atoms with Gasteiger partial charge in [0.2, 0.25) is 0 Å². The highest BCUT2D eigenvalue weighted by Gasteiger charge is 2.13. The van der Waals surface area contributed by atoms with Gasteiger partial charge < -0.3 is 5.11 Å². The lowest BCUT2D eigenvalue weighted by atomic mass is 10.1. The minimum absolute atomic E-state index is 0.472. The van der Waals surface area contributed by atoms with Crippen molar-refractivity contribution in [2.45, 2.75) is 20.0 Å². The first kappa shape index (κ1) is 7.69. The van der Waals surface area contributed by atoms with Gasteiger partial charge in [-0.3, -0.25) is 0 Å². The first-order valence-corrected chi connectivity index (χ1v) is 3.97. The van der Waals surface area contributed by atoms with E-state index in [2.05, 4.69) is 4.98 Å². The van der Waals surface area contributed by atoms with E-state index in [1.807, 2.05) is 19.2 Å². The number of rotatable bonds is 2. The lowest BCUT2D eigenvalue weighted by molar-refractivity contribution is 0.192. The predicted octanol–water partition coefficient (Wildman–Crippen LogP) is 1.79. The van der Waals surface area contributed by atoms with Gasteiger partial charge in [0.15, 0.2) is 0 Å². The number of aliphatic hydroxyl groups is 1. The maximum atomic E-state index is 9.40. The Morgan fingerprint density at radius 1 is 1.70 bits per heavy atom. The fourth-order valence-electron chi connectivity index (χ4n) is 0.616. The topological polar surface area (TPSA) is 33.1 Å². The first-order chi connectivity index (χ1) is 4.72. The molecule has 10 heavy (non-hydrogen) atoms. The van der Waals surface area contributed by atoms with Gasteiger partial charge in [-0.25, -0.2) is 4.98 Å². The molecule has 0 aromatic carbocycles. The Morgan fingerprint density at radius 2 is 2.40 bits per heavy atom. The van der Waals surface area contributed by atoms with Crippen LogP contribution in [0.4, 0.5) is 0 Å². The summed E-state index contributed by atoms with van der Waals surface area (Å²) in [6.45, 7) is 3.79. The zero-order valence-corrected chi connectivity index (χ0v) is 6.85. The average molecular weight is 156 g/mol. The molecule has 55 valence electrons. The molecule has 1 unspecified atom stereocenters. The van der Waals surface area contributed by atoms with Crippen LogP contribution in [0.3, 0.4) is 0 Å². The summed E-state index contributed by atoms with van der Waals surface area (Å²) >= 11 is 1.48. The molecule has 1 atom stereocenters. The molecule has 1 aromatic heterocycles. The molecule has 1 heterocycles. The molecule has 0 saturated carbocycles. The number of nitrogens with zero attached hydrogens (tertiary/aromatic N) is 1. The Bertz CT molecular complexity index is 183. The van der Waals surface area contributed by atoms with Crippen LogP contribution < -0.4 is 0 Å². The van der Waals surface area contributed by atoms with Crippen molar-refractivity contribution in [1.29, 1.82) is 0 Å². The van der Waals surface area contributed by atoms with Gasteiger partial charge in [0.1, 0.15) is 11.1 Å². The summed E-state index contributed by atoms with van der Waals surface area (Å²) in [7, 11) is 0. The largest absolute Gasteiger partial charge is 0.385 e. The summed E-state index contributed by atoms with van der Waals surface area (Å²) < 4.78 is 0. The molecule has 0 bridgehead atoms. The summed E-state index contributed by atoms with van der Waals surface area (Å²) in [6.07, 6.45) is 1.23. The van der Waals surface area contributed by atoms with E-state index in [-0.39, 0.29) is 0 Å². The third-order valence-electron chi connectivity index (χ3n) is 1.23. The number of aliphatic hydroxyl groups excluding tert-OH is 1. The number of hydrogen-bond donors (Lipinski definition) is 1. The summed E-state index contributed by atoms with van der Waals surface area (Å²) in [4.78, 5) is 3.99. The molecule has 1 N–H and O–H groups in total. The minimum atomic E-state index is -0.472. The van der Waals surface area contributed by atoms with Crippen molar-refractivity contribution in [2.24, 2.45) is 0 Å². The molecule has 0 amide bonds. The van der Waals surface area contributed by atoms with Crippen molar-refractivity contribution >= 4 is 11.3 Å². The summed E-state index contributed by atoms with van der Waals surface area (Å²) in [5.41, 5.74) is 0. The average Bonchev–Trinajstić information content (AvgIpc) is 2.36. The highest BCUT2D eigenvalue weighted by molar-refractivity contribution is 7.09. The highest BCUT2D eigenvalue weighted by Crippen LogP contribution is 2.23. The van der Waals surface area contributed by atoms with Crippen LogP contribution in [0.2, 0.25) is 0 Å². The molecule has 0 saturated heterocycles. The van der Waals surface area contributed by atoms with Crippen molar-refractivity contribution in [1.82, 2.24) is 4.98 Å². The fourth-order valence-corrected chi connectivity index (χ4v) is 1.36. The number of thiazole rings is 1. The van der Waals surface area contributed by atoms with Gasteiger partial charge in [0, 0.05) is 17.5 Å². The maximum absolute atomic E-state index is 9.40. The van der Waals surface area contributed by atoms with Crippen LogP contribution in [0.15, 0.2) is 11.6 Å². The Labute approximate surface area is 64.5 Å². The van der Waals surface area contributed by atoms with Crippen LogP contribution in [-0.2, 0) is 0 Å². The smallest absolute Gasteiger partial charge is 0.122 e. The number of hydrogen-bond acceptors (Lipinski definition) is 3. The first-order valence-electron chi connectivity index (χ1n) is 3.09. The Morgan fingerprint density at radius 3 is 2.80 bits per heavy atom. The minimum Gasteiger partial charge on any atom is -0.385 e. The van der Waals surface area contributed by atoms with Crippen molar-refractivity contribution in [3.05, 3.63) is 22.5 Å². The maximum Gasteiger partial charge on any atom is 0.122 e. The SMILES string of the molecule is C[C](C)C(O)c1nccs1. The lowest BCUT2D eigenvalue weighted by Crippen LogP contribution is -2.02. The molecule has 1 aromatic rings. The molecule has 0 spiro atoms. The van der Waals surface area contributed by atoms with Crippen molar-refractivity contribution < 1.29 is 5.11 Å². The van der Waals surface area contributed by atoms with Gasteiger partial charge in [0.05, 0.1) is 0 Å². The molecule has 0 fully saturated rings. The van der Waals surface area contributed by atoms with E-state index >= 15 is 0 Å². The number of aromatic nitrogens is 1. The molecule has 0 aliphatic rings. The fraction of sp³-hybridized carbons (Fsp3) is 0.429. The second-order valence-corrected chi connectivity index (χ2v) is 3.28. The third kappa shape index (κ3) is 1.55. The summed E-state index contributed by atoms with van der Waals surface area (Å²) in [6, 6.07) is 0. The van der Waals surface area contributed by atoms with Crippen molar-refractivity contribution in [3.8, 4) is 0 Å². The molecule has 1 radical (unpaired) electrons. The predicted molar refractivity (Wildman–Crippen MR) is 41.7 cm³/mol. The van der Waals surface area contributed by atoms with Crippen LogP contribution in [0, 0.1) is 5.92 Å². The molecule has 1 rings (SSSR count). The van der Waals surface area contributed by atoms with Gasteiger partial charge in [-0.1, -0.05) is 13.8 Å². The quantitative estimate of drug-likeness (QED) is 0.708. The third-order valence-corrected chi connectivity index (χ3v) is 2.06. The van der Waals surface area contributed by atoms with E-state index in [0.29, 0.717) is 0 Å². The van der Waals surface area contributed by atoms with E-state index in [0.717, 1.165) is 10.9 Å². The van der Waals surface area contributed by atoms with Gasteiger partial charge in [-0.2, -0.15) is 0 Å². The lowest BCUT2D eigenvalue weighted by Gasteiger charge is -2.09. The van der Waals surface area contributed by atoms with Crippen molar-refractivity contribution in [2.75, 3.05) is 0 Å². The van der Waals surface area contributed by atoms with Gasteiger partial charge >= 0.3 is 0 Å². The van der Waals surface area contributed by atoms with Gasteiger partial charge in [-0.05, 0) is 0 Å². The zero-order valence-electron chi connectivity index (χ0n) is 6.03. The second kappa shape index (κ2) is 3.12. The standard InChI is InChI=1S/C7H10NOS/c1-5(2)6(9)7-8-3-4-10-7/h3-4,6,9H,1-2H3. The Balaban J connectivity index is 2.68. The van der Waals surface area contributed by atoms with Crippen molar-refractivity contribution in [3.63, 3.8) is 0 Å². The summed E-state index contributed by atoms with van der Waals surface area (Å²) in [5, 5.41) is 12.0. The highest BCUT2D eigenvalue weighted by atomic mass is 32.1. The van der Waals surface area contributed by atoms with Crippen LogP contribution in [-0.4, -0.2) is 10.1 Å². The van der Waals surface area contributed by atoms with Crippen LogP contribution >= 0.6 is 11.3 Å². The molecular weight excluding hydrogens is 146 g/mol. The monoisotopic (exact) mass is 156 g/mol. The summed E-state index contributed by atoms with van der Waals surface area (Å²) in [5.74, 6) is 0.981. The Kier molecular flexibility index (Phi) is 2.40. The molecular formula is C7H10NOS. The Hall–Kier alpha value is -0.410. The normalized spacial score (nSPS) is 14.0. The molecule has 3 heteroatoms. The van der Waals surface area contributed by atoms with E-state index in [1.165, 1.54) is 11.3 Å². The van der Waals surface area contributed by atoms with E-state index in [9.17, 15) is 5.11 Å². The zero-order chi connectivity index (χ0) is 7.56. The van der Waals surface area contributed by atoms with Crippen LogP contribution in [0.1, 0.15) is 25.0 Å². The van der Waals surface area contributed by atoms with Crippen LogP contribution in [0.25, 0.3) is 0 Å².